The zero-order chi connectivity index (χ0) is 15.9. The van der Waals surface area contributed by atoms with E-state index in [2.05, 4.69) is 4.90 Å². The van der Waals surface area contributed by atoms with Crippen molar-refractivity contribution in [1.82, 2.24) is 4.90 Å². The summed E-state index contributed by atoms with van der Waals surface area (Å²) in [6.45, 7) is 7.07. The number of nitrogens with zero attached hydrogens (tertiary/aromatic N) is 1. The van der Waals surface area contributed by atoms with Gasteiger partial charge in [-0.1, -0.05) is 0 Å². The first-order chi connectivity index (χ1) is 10.4. The third kappa shape index (κ3) is 3.00. The standard InChI is InChI=1S/C15H25NO6/c1-9(17)20-10-5-6-16-7-11-13(22-15(2,3)21-11)14(12(10)16)19-8-18-4/h10-14H,5-8H2,1-4H3/t10-,11+,12-,13-,14-/m1/s1. The first kappa shape index (κ1) is 16.1. The van der Waals surface area contributed by atoms with E-state index in [-0.39, 0.29) is 43.2 Å². The fraction of sp³-hybridized carbons (Fsp3) is 0.933. The molecule has 0 aromatic heterocycles. The number of esters is 1. The van der Waals surface area contributed by atoms with E-state index < -0.39 is 5.79 Å². The Morgan fingerprint density at radius 2 is 2.14 bits per heavy atom. The lowest BCUT2D eigenvalue weighted by molar-refractivity contribution is -0.189. The molecule has 3 aliphatic heterocycles. The largest absolute Gasteiger partial charge is 0.461 e. The number of ether oxygens (including phenoxy) is 5. The summed E-state index contributed by atoms with van der Waals surface area (Å²) in [6.07, 6.45) is 0.173. The Balaban J connectivity index is 1.81. The van der Waals surface area contributed by atoms with Gasteiger partial charge in [-0.05, 0) is 20.3 Å². The Morgan fingerprint density at radius 1 is 1.36 bits per heavy atom. The van der Waals surface area contributed by atoms with E-state index in [9.17, 15) is 4.79 Å². The second-order valence-corrected chi connectivity index (χ2v) is 6.60. The maximum absolute atomic E-state index is 11.4. The summed E-state index contributed by atoms with van der Waals surface area (Å²) in [4.78, 5) is 13.6. The maximum atomic E-state index is 11.4. The lowest BCUT2D eigenvalue weighted by atomic mass is 9.92. The van der Waals surface area contributed by atoms with Gasteiger partial charge in [0.2, 0.25) is 0 Å². The molecule has 0 saturated carbocycles. The van der Waals surface area contributed by atoms with Crippen molar-refractivity contribution in [1.29, 1.82) is 0 Å². The Morgan fingerprint density at radius 3 is 2.82 bits per heavy atom. The number of hydrogen-bond donors (Lipinski definition) is 0. The minimum absolute atomic E-state index is 0.0159. The van der Waals surface area contributed by atoms with Gasteiger partial charge in [-0.15, -0.1) is 0 Å². The molecule has 22 heavy (non-hydrogen) atoms. The molecule has 0 bridgehead atoms. The van der Waals surface area contributed by atoms with E-state index in [4.69, 9.17) is 23.7 Å². The van der Waals surface area contributed by atoms with Crippen molar-refractivity contribution >= 4 is 5.97 Å². The molecule has 0 aromatic carbocycles. The van der Waals surface area contributed by atoms with Crippen molar-refractivity contribution in [3.8, 4) is 0 Å². The molecular weight excluding hydrogens is 290 g/mol. The van der Waals surface area contributed by atoms with Gasteiger partial charge in [-0.25, -0.2) is 0 Å². The van der Waals surface area contributed by atoms with Crippen molar-refractivity contribution in [2.24, 2.45) is 0 Å². The average Bonchev–Trinajstić information content (AvgIpc) is 2.93. The third-order valence-corrected chi connectivity index (χ3v) is 4.50. The fourth-order valence-electron chi connectivity index (χ4n) is 3.87. The SMILES string of the molecule is COCO[C@H]1[C@@H]2OC(C)(C)O[C@H]2CN2CC[C@@H](OC(C)=O)[C@H]12. The predicted molar refractivity (Wildman–Crippen MR) is 76.1 cm³/mol. The van der Waals surface area contributed by atoms with Crippen LogP contribution >= 0.6 is 0 Å². The smallest absolute Gasteiger partial charge is 0.302 e. The van der Waals surface area contributed by atoms with Gasteiger partial charge in [0.15, 0.2) is 5.79 Å². The van der Waals surface area contributed by atoms with Crippen LogP contribution in [0.15, 0.2) is 0 Å². The summed E-state index contributed by atoms with van der Waals surface area (Å²) >= 11 is 0. The highest BCUT2D eigenvalue weighted by Gasteiger charge is 2.57. The van der Waals surface area contributed by atoms with Crippen LogP contribution in [-0.4, -0.2) is 74.1 Å². The van der Waals surface area contributed by atoms with Crippen molar-refractivity contribution in [3.63, 3.8) is 0 Å². The van der Waals surface area contributed by atoms with Crippen LogP contribution in [0.3, 0.4) is 0 Å². The topological polar surface area (TPSA) is 66.5 Å². The summed E-state index contributed by atoms with van der Waals surface area (Å²) in [5.41, 5.74) is 0. The lowest BCUT2D eigenvalue weighted by Crippen LogP contribution is -2.61. The van der Waals surface area contributed by atoms with Crippen molar-refractivity contribution in [2.75, 3.05) is 27.0 Å². The predicted octanol–water partition coefficient (Wildman–Crippen LogP) is 0.515. The summed E-state index contributed by atoms with van der Waals surface area (Å²) in [6, 6.07) is -0.0159. The van der Waals surface area contributed by atoms with Crippen molar-refractivity contribution in [3.05, 3.63) is 0 Å². The highest BCUT2D eigenvalue weighted by atomic mass is 16.8. The van der Waals surface area contributed by atoms with Gasteiger partial charge in [-0.2, -0.15) is 0 Å². The van der Waals surface area contributed by atoms with E-state index >= 15 is 0 Å². The quantitative estimate of drug-likeness (QED) is 0.553. The minimum atomic E-state index is -0.624. The van der Waals surface area contributed by atoms with Crippen LogP contribution in [0.2, 0.25) is 0 Å². The zero-order valence-electron chi connectivity index (χ0n) is 13.6. The molecule has 0 aliphatic carbocycles. The van der Waals surface area contributed by atoms with E-state index in [1.807, 2.05) is 13.8 Å². The van der Waals surface area contributed by atoms with Crippen LogP contribution in [0.5, 0.6) is 0 Å². The molecule has 7 heteroatoms. The van der Waals surface area contributed by atoms with E-state index in [1.54, 1.807) is 7.11 Å². The Labute approximate surface area is 130 Å². The zero-order valence-corrected chi connectivity index (χ0v) is 13.6. The molecule has 3 fully saturated rings. The monoisotopic (exact) mass is 315 g/mol. The van der Waals surface area contributed by atoms with Gasteiger partial charge in [0.1, 0.15) is 31.2 Å². The Bertz CT molecular complexity index is 428. The number of carbonyl (C=O) groups excluding carboxylic acids is 1. The number of fused-ring (bicyclic) bond motifs is 2. The van der Waals surface area contributed by atoms with Crippen LogP contribution in [-0.2, 0) is 28.5 Å². The van der Waals surface area contributed by atoms with Gasteiger partial charge in [-0.3, -0.25) is 9.69 Å². The number of piperidine rings is 1. The molecule has 0 N–H and O–H groups in total. The Kier molecular flexibility index (Phi) is 4.44. The summed E-state index contributed by atoms with van der Waals surface area (Å²) in [7, 11) is 1.59. The number of methoxy groups -OCH3 is 1. The van der Waals surface area contributed by atoms with Crippen molar-refractivity contribution in [2.45, 2.75) is 63.4 Å². The van der Waals surface area contributed by atoms with Gasteiger partial charge >= 0.3 is 5.97 Å². The van der Waals surface area contributed by atoms with Crippen LogP contribution < -0.4 is 0 Å². The molecule has 0 aromatic rings. The fourth-order valence-corrected chi connectivity index (χ4v) is 3.87. The van der Waals surface area contributed by atoms with Gasteiger partial charge < -0.3 is 23.7 Å². The van der Waals surface area contributed by atoms with E-state index in [0.29, 0.717) is 0 Å². The van der Waals surface area contributed by atoms with Crippen LogP contribution in [0, 0.1) is 0 Å². The molecule has 0 spiro atoms. The summed E-state index contributed by atoms with van der Waals surface area (Å²) < 4.78 is 28.5. The molecule has 3 heterocycles. The molecule has 3 saturated heterocycles. The maximum Gasteiger partial charge on any atom is 0.302 e. The molecule has 3 rings (SSSR count). The molecule has 3 aliphatic rings. The van der Waals surface area contributed by atoms with E-state index in [1.165, 1.54) is 6.92 Å². The Hall–Kier alpha value is -0.730. The van der Waals surface area contributed by atoms with Crippen LogP contribution in [0.25, 0.3) is 0 Å². The van der Waals surface area contributed by atoms with Crippen LogP contribution in [0.1, 0.15) is 27.2 Å². The third-order valence-electron chi connectivity index (χ3n) is 4.50. The second-order valence-electron chi connectivity index (χ2n) is 6.60. The van der Waals surface area contributed by atoms with Crippen molar-refractivity contribution < 1.29 is 28.5 Å². The average molecular weight is 315 g/mol. The number of hydrogen-bond acceptors (Lipinski definition) is 7. The number of carbonyl (C=O) groups is 1. The first-order valence-corrected chi connectivity index (χ1v) is 7.79. The molecule has 0 amide bonds. The molecular formula is C15H25NO6. The van der Waals surface area contributed by atoms with Crippen LogP contribution in [0.4, 0.5) is 0 Å². The first-order valence-electron chi connectivity index (χ1n) is 7.79. The number of rotatable bonds is 4. The molecule has 5 atom stereocenters. The highest BCUT2D eigenvalue weighted by Crippen LogP contribution is 2.40. The van der Waals surface area contributed by atoms with E-state index in [0.717, 1.165) is 19.5 Å². The van der Waals surface area contributed by atoms with Gasteiger partial charge in [0.05, 0.1) is 6.04 Å². The summed E-state index contributed by atoms with van der Waals surface area (Å²) in [5.74, 6) is -0.885. The van der Waals surface area contributed by atoms with Gasteiger partial charge in [0.25, 0.3) is 0 Å². The molecule has 0 radical (unpaired) electrons. The second kappa shape index (κ2) is 6.05. The van der Waals surface area contributed by atoms with Gasteiger partial charge in [0, 0.05) is 27.1 Å². The molecule has 0 unspecified atom stereocenters. The lowest BCUT2D eigenvalue weighted by Gasteiger charge is -2.43. The summed E-state index contributed by atoms with van der Waals surface area (Å²) in [5, 5.41) is 0. The minimum Gasteiger partial charge on any atom is -0.461 e. The molecule has 7 nitrogen and oxygen atoms in total. The highest BCUT2D eigenvalue weighted by molar-refractivity contribution is 5.66. The molecule has 126 valence electrons. The normalized spacial score (nSPS) is 40.3.